The van der Waals surface area contributed by atoms with Crippen molar-refractivity contribution in [1.29, 1.82) is 0 Å². The standard InChI is InChI=1S/C27H21Cl2NO5/c1-15(18-11-12-22(28)23(29)13-18)21(24(31)16-7-9-17(10-8-16)27(34)35-2)14-30-25(32)19-5-3-4-6-20(19)26(30)33/h3-13,21,24,31H,1,14H2,2H3. The van der Waals surface area contributed by atoms with Crippen molar-refractivity contribution in [2.24, 2.45) is 5.92 Å². The van der Waals surface area contributed by atoms with E-state index in [1.807, 2.05) is 0 Å². The summed E-state index contributed by atoms with van der Waals surface area (Å²) in [5.74, 6) is -2.16. The Morgan fingerprint density at radius 3 is 2.06 bits per heavy atom. The number of amides is 2. The van der Waals surface area contributed by atoms with E-state index in [0.29, 0.717) is 43.4 Å². The quantitative estimate of drug-likeness (QED) is 0.338. The molecule has 178 valence electrons. The highest BCUT2D eigenvalue weighted by atomic mass is 35.5. The molecule has 1 aliphatic heterocycles. The summed E-state index contributed by atoms with van der Waals surface area (Å²) in [5.41, 5.74) is 2.49. The van der Waals surface area contributed by atoms with Gasteiger partial charge in [0, 0.05) is 12.5 Å². The number of aliphatic hydroxyl groups is 1. The molecule has 2 amide bonds. The second-order valence-electron chi connectivity index (χ2n) is 8.09. The summed E-state index contributed by atoms with van der Waals surface area (Å²) in [6.45, 7) is 4.04. The van der Waals surface area contributed by atoms with Gasteiger partial charge in [0.15, 0.2) is 0 Å². The van der Waals surface area contributed by atoms with Crippen molar-refractivity contribution in [2.45, 2.75) is 6.10 Å². The molecule has 0 aromatic heterocycles. The van der Waals surface area contributed by atoms with Crippen LogP contribution in [0.2, 0.25) is 10.0 Å². The van der Waals surface area contributed by atoms with E-state index in [1.54, 1.807) is 54.6 Å². The fraction of sp³-hybridized carbons (Fsp3) is 0.148. The van der Waals surface area contributed by atoms with Gasteiger partial charge in [0.25, 0.3) is 11.8 Å². The van der Waals surface area contributed by atoms with Gasteiger partial charge in [-0.3, -0.25) is 14.5 Å². The monoisotopic (exact) mass is 509 g/mol. The van der Waals surface area contributed by atoms with Crippen LogP contribution in [0.3, 0.4) is 0 Å². The first kappa shape index (κ1) is 24.7. The Morgan fingerprint density at radius 1 is 0.943 bits per heavy atom. The summed E-state index contributed by atoms with van der Waals surface area (Å²) < 4.78 is 4.72. The Morgan fingerprint density at radius 2 is 1.51 bits per heavy atom. The zero-order valence-corrected chi connectivity index (χ0v) is 20.2. The van der Waals surface area contributed by atoms with Crippen LogP contribution in [0.4, 0.5) is 0 Å². The predicted octanol–water partition coefficient (Wildman–Crippen LogP) is 5.44. The lowest BCUT2D eigenvalue weighted by molar-refractivity contribution is 0.0568. The van der Waals surface area contributed by atoms with Crippen LogP contribution in [-0.2, 0) is 4.74 Å². The predicted molar refractivity (Wildman–Crippen MR) is 134 cm³/mol. The highest BCUT2D eigenvalue weighted by Gasteiger charge is 2.38. The fourth-order valence-corrected chi connectivity index (χ4v) is 4.38. The molecule has 35 heavy (non-hydrogen) atoms. The molecule has 0 bridgehead atoms. The van der Waals surface area contributed by atoms with Gasteiger partial charge in [-0.25, -0.2) is 4.79 Å². The van der Waals surface area contributed by atoms with Crippen LogP contribution in [0, 0.1) is 5.92 Å². The van der Waals surface area contributed by atoms with Gasteiger partial charge in [-0.15, -0.1) is 0 Å². The molecular weight excluding hydrogens is 489 g/mol. The number of methoxy groups -OCH3 is 1. The third-order valence-electron chi connectivity index (χ3n) is 6.05. The third kappa shape index (κ3) is 4.73. The molecule has 2 atom stereocenters. The third-order valence-corrected chi connectivity index (χ3v) is 6.79. The van der Waals surface area contributed by atoms with Crippen molar-refractivity contribution < 1.29 is 24.2 Å². The van der Waals surface area contributed by atoms with Gasteiger partial charge >= 0.3 is 5.97 Å². The van der Waals surface area contributed by atoms with E-state index < -0.39 is 29.8 Å². The van der Waals surface area contributed by atoms with Crippen LogP contribution in [0.15, 0.2) is 73.3 Å². The number of halogens is 2. The number of rotatable bonds is 7. The van der Waals surface area contributed by atoms with Crippen molar-refractivity contribution in [3.8, 4) is 0 Å². The second kappa shape index (κ2) is 10.0. The van der Waals surface area contributed by atoms with Gasteiger partial charge in [0.05, 0.1) is 39.9 Å². The average molecular weight is 510 g/mol. The Kier molecular flexibility index (Phi) is 7.08. The normalized spacial score (nSPS) is 14.5. The van der Waals surface area contributed by atoms with Gasteiger partial charge in [-0.05, 0) is 53.1 Å². The zero-order chi connectivity index (χ0) is 25.3. The van der Waals surface area contributed by atoms with Crippen molar-refractivity contribution in [1.82, 2.24) is 4.90 Å². The van der Waals surface area contributed by atoms with E-state index in [2.05, 4.69) is 6.58 Å². The molecule has 0 aliphatic carbocycles. The number of hydrogen-bond donors (Lipinski definition) is 1. The van der Waals surface area contributed by atoms with Gasteiger partial charge in [-0.1, -0.05) is 60.1 Å². The van der Waals surface area contributed by atoms with E-state index in [9.17, 15) is 19.5 Å². The minimum atomic E-state index is -1.16. The molecule has 8 heteroatoms. The first-order chi connectivity index (χ1) is 16.7. The Labute approximate surface area is 212 Å². The summed E-state index contributed by atoms with van der Waals surface area (Å²) in [5, 5.41) is 12.1. The van der Waals surface area contributed by atoms with Crippen LogP contribution < -0.4 is 0 Å². The summed E-state index contributed by atoms with van der Waals surface area (Å²) in [6, 6.07) is 17.8. The molecule has 4 rings (SSSR count). The number of esters is 1. The first-order valence-electron chi connectivity index (χ1n) is 10.7. The lowest BCUT2D eigenvalue weighted by Gasteiger charge is -2.29. The lowest BCUT2D eigenvalue weighted by Crippen LogP contribution is -2.37. The fourth-order valence-electron chi connectivity index (χ4n) is 4.08. The van der Waals surface area contributed by atoms with Gasteiger partial charge in [0.1, 0.15) is 0 Å². The topological polar surface area (TPSA) is 83.9 Å². The van der Waals surface area contributed by atoms with Crippen molar-refractivity contribution in [3.63, 3.8) is 0 Å². The van der Waals surface area contributed by atoms with Crippen LogP contribution in [0.5, 0.6) is 0 Å². The van der Waals surface area contributed by atoms with E-state index >= 15 is 0 Å². The average Bonchev–Trinajstić information content (AvgIpc) is 3.12. The molecule has 3 aromatic carbocycles. The maximum Gasteiger partial charge on any atom is 0.337 e. The van der Waals surface area contributed by atoms with Crippen LogP contribution in [0.1, 0.15) is 48.3 Å². The van der Waals surface area contributed by atoms with Crippen molar-refractivity contribution >= 4 is 46.6 Å². The van der Waals surface area contributed by atoms with Crippen LogP contribution >= 0.6 is 23.2 Å². The van der Waals surface area contributed by atoms with Crippen LogP contribution in [-0.4, -0.2) is 41.4 Å². The molecule has 6 nitrogen and oxygen atoms in total. The summed E-state index contributed by atoms with van der Waals surface area (Å²) in [7, 11) is 1.28. The molecule has 0 spiro atoms. The Hall–Kier alpha value is -3.45. The number of hydrogen-bond acceptors (Lipinski definition) is 5. The van der Waals surface area contributed by atoms with E-state index in [1.165, 1.54) is 19.2 Å². The molecule has 0 radical (unpaired) electrons. The number of fused-ring (bicyclic) bond motifs is 1. The molecule has 0 saturated carbocycles. The molecule has 1 aliphatic rings. The van der Waals surface area contributed by atoms with Crippen molar-refractivity contribution in [3.05, 3.63) is 111 Å². The first-order valence-corrected chi connectivity index (χ1v) is 11.4. The highest BCUT2D eigenvalue weighted by molar-refractivity contribution is 6.42. The van der Waals surface area contributed by atoms with E-state index in [0.717, 1.165) is 4.90 Å². The summed E-state index contributed by atoms with van der Waals surface area (Å²) in [4.78, 5) is 38.9. The molecule has 0 saturated heterocycles. The zero-order valence-electron chi connectivity index (χ0n) is 18.7. The van der Waals surface area contributed by atoms with E-state index in [-0.39, 0.29) is 6.54 Å². The number of nitrogens with zero attached hydrogens (tertiary/aromatic N) is 1. The van der Waals surface area contributed by atoms with Gasteiger partial charge < -0.3 is 9.84 Å². The minimum absolute atomic E-state index is 0.120. The number of imide groups is 1. The largest absolute Gasteiger partial charge is 0.465 e. The number of ether oxygens (including phenoxy) is 1. The van der Waals surface area contributed by atoms with Crippen molar-refractivity contribution in [2.75, 3.05) is 13.7 Å². The minimum Gasteiger partial charge on any atom is -0.465 e. The Bertz CT molecular complexity index is 1300. The van der Waals surface area contributed by atoms with Gasteiger partial charge in [0.2, 0.25) is 0 Å². The molecular formula is C27H21Cl2NO5. The molecule has 3 aromatic rings. The summed E-state index contributed by atoms with van der Waals surface area (Å²) in [6.07, 6.45) is -1.16. The molecule has 0 fully saturated rings. The second-order valence-corrected chi connectivity index (χ2v) is 8.90. The molecule has 1 N–H and O–H groups in total. The lowest BCUT2D eigenvalue weighted by atomic mass is 9.85. The summed E-state index contributed by atoms with van der Waals surface area (Å²) >= 11 is 12.3. The number of aliphatic hydroxyl groups excluding tert-OH is 1. The Balaban J connectivity index is 1.70. The number of carbonyl (C=O) groups is 3. The molecule has 2 unspecified atom stereocenters. The SMILES string of the molecule is C=C(c1ccc(Cl)c(Cl)c1)C(CN1C(=O)c2ccccc2C1=O)C(O)c1ccc(C(=O)OC)cc1. The smallest absolute Gasteiger partial charge is 0.337 e. The maximum atomic E-state index is 13.0. The number of benzene rings is 3. The molecule has 1 heterocycles. The van der Waals surface area contributed by atoms with Gasteiger partial charge in [-0.2, -0.15) is 0 Å². The maximum absolute atomic E-state index is 13.0. The highest BCUT2D eigenvalue weighted by Crippen LogP contribution is 2.37. The van der Waals surface area contributed by atoms with E-state index in [4.69, 9.17) is 27.9 Å². The number of carbonyl (C=O) groups excluding carboxylic acids is 3. The van der Waals surface area contributed by atoms with Crippen LogP contribution in [0.25, 0.3) is 5.57 Å².